The Kier molecular flexibility index (Phi) is 8.27. The lowest BCUT2D eigenvalue weighted by Gasteiger charge is -2.25. The van der Waals surface area contributed by atoms with Gasteiger partial charge in [-0.25, -0.2) is 9.18 Å². The van der Waals surface area contributed by atoms with Crippen molar-refractivity contribution in [2.45, 2.75) is 43.3 Å². The second kappa shape index (κ2) is 11.3. The molecule has 230 valence electrons. The van der Waals surface area contributed by atoms with E-state index in [1.165, 1.54) is 18.6 Å². The van der Waals surface area contributed by atoms with E-state index >= 15 is 4.39 Å². The van der Waals surface area contributed by atoms with E-state index in [9.17, 15) is 23.5 Å². The highest BCUT2D eigenvalue weighted by atomic mass is 31.2. The molecule has 3 aliphatic rings. The van der Waals surface area contributed by atoms with Gasteiger partial charge in [0.25, 0.3) is 5.91 Å². The minimum absolute atomic E-state index is 0.120. The van der Waals surface area contributed by atoms with Crippen LogP contribution in [0.2, 0.25) is 0 Å². The number of fused-ring (bicyclic) bond motifs is 2. The number of carbonyl (C=O) groups is 2. The molecular weight excluding hydrogens is 601 g/mol. The highest BCUT2D eigenvalue weighted by molar-refractivity contribution is 7.70. The zero-order chi connectivity index (χ0) is 30.6. The van der Waals surface area contributed by atoms with Gasteiger partial charge in [-0.15, -0.1) is 0 Å². The Bertz CT molecular complexity index is 1550. The monoisotopic (exact) mass is 632 g/mol. The SMILES string of the molecule is COc1c(N2C[C@@H]3CCCN[C@@H]3C2)c(F)cc2c(=O)c(C(=O)OCC(=O)NC(P(=O)(O)O)P(=O)(O)O)cn(C3CC3)c12. The summed E-state index contributed by atoms with van der Waals surface area (Å²) in [5.74, 6) is -2.93. The first-order chi connectivity index (χ1) is 19.7. The van der Waals surface area contributed by atoms with Gasteiger partial charge in [0.15, 0.2) is 18.2 Å². The molecule has 1 aromatic heterocycles. The lowest BCUT2D eigenvalue weighted by molar-refractivity contribution is -0.124. The molecule has 5 rings (SSSR count). The normalized spacial score (nSPS) is 21.0. The Morgan fingerprint density at radius 3 is 2.45 bits per heavy atom. The first-order valence-electron chi connectivity index (χ1n) is 13.2. The van der Waals surface area contributed by atoms with Gasteiger partial charge in [0.1, 0.15) is 11.3 Å². The maximum Gasteiger partial charge on any atom is 0.360 e. The van der Waals surface area contributed by atoms with Crippen LogP contribution < -0.4 is 25.7 Å². The van der Waals surface area contributed by atoms with Crippen LogP contribution in [0, 0.1) is 11.7 Å². The summed E-state index contributed by atoms with van der Waals surface area (Å²) in [4.78, 5) is 77.0. The Hall–Kier alpha value is -2.84. The van der Waals surface area contributed by atoms with Crippen molar-refractivity contribution in [2.24, 2.45) is 5.92 Å². The third-order valence-corrected chi connectivity index (χ3v) is 11.1. The topological polar surface area (TPSA) is 217 Å². The third-order valence-electron chi connectivity index (χ3n) is 7.74. The van der Waals surface area contributed by atoms with Crippen molar-refractivity contribution >= 4 is 43.7 Å². The molecule has 2 saturated heterocycles. The summed E-state index contributed by atoms with van der Waals surface area (Å²) in [6.45, 7) is 0.857. The number of aromatic nitrogens is 1. The quantitative estimate of drug-likeness (QED) is 0.165. The maximum absolute atomic E-state index is 15.7. The van der Waals surface area contributed by atoms with Crippen LogP contribution in [0.3, 0.4) is 0 Å². The molecule has 15 nitrogen and oxygen atoms in total. The Labute approximate surface area is 238 Å². The predicted molar refractivity (Wildman–Crippen MR) is 146 cm³/mol. The van der Waals surface area contributed by atoms with E-state index in [1.807, 2.05) is 4.90 Å². The minimum atomic E-state index is -5.48. The van der Waals surface area contributed by atoms with Crippen molar-refractivity contribution in [3.05, 3.63) is 33.9 Å². The zero-order valence-electron chi connectivity index (χ0n) is 22.4. The third kappa shape index (κ3) is 5.98. The average molecular weight is 632 g/mol. The van der Waals surface area contributed by atoms with Gasteiger partial charge in [0.05, 0.1) is 18.0 Å². The number of amides is 1. The second-order valence-corrected chi connectivity index (χ2v) is 14.5. The number of carbonyl (C=O) groups excluding carboxylic acids is 2. The van der Waals surface area contributed by atoms with Crippen molar-refractivity contribution in [3.8, 4) is 5.75 Å². The number of benzene rings is 1. The van der Waals surface area contributed by atoms with Gasteiger partial charge >= 0.3 is 21.2 Å². The van der Waals surface area contributed by atoms with Gasteiger partial charge in [0.2, 0.25) is 11.0 Å². The summed E-state index contributed by atoms with van der Waals surface area (Å²) in [7, 11) is -9.58. The molecule has 1 amide bonds. The van der Waals surface area contributed by atoms with Gasteiger partial charge < -0.3 is 49.1 Å². The van der Waals surface area contributed by atoms with Gasteiger partial charge in [0, 0.05) is 31.4 Å². The number of rotatable bonds is 9. The van der Waals surface area contributed by atoms with Gasteiger partial charge in [-0.05, 0) is 44.2 Å². The molecule has 0 radical (unpaired) electrons. The van der Waals surface area contributed by atoms with E-state index in [0.29, 0.717) is 37.4 Å². The van der Waals surface area contributed by atoms with Crippen LogP contribution in [0.5, 0.6) is 5.75 Å². The summed E-state index contributed by atoms with van der Waals surface area (Å²) in [5, 5.41) is 4.79. The van der Waals surface area contributed by atoms with Crippen molar-refractivity contribution in [1.29, 1.82) is 0 Å². The lowest BCUT2D eigenvalue weighted by Crippen LogP contribution is -2.40. The number of halogens is 1. The molecule has 1 aliphatic carbocycles. The van der Waals surface area contributed by atoms with Crippen LogP contribution >= 0.6 is 15.2 Å². The van der Waals surface area contributed by atoms with Crippen molar-refractivity contribution in [1.82, 2.24) is 15.2 Å². The number of piperidine rings is 1. The molecule has 2 atom stereocenters. The van der Waals surface area contributed by atoms with Gasteiger partial charge in [-0.1, -0.05) is 0 Å². The molecule has 0 unspecified atom stereocenters. The number of nitrogens with zero attached hydrogens (tertiary/aromatic N) is 2. The summed E-state index contributed by atoms with van der Waals surface area (Å²) in [6, 6.07) is 1.14. The fraction of sp³-hybridized carbons (Fsp3) is 0.542. The highest BCUT2D eigenvalue weighted by Gasteiger charge is 2.45. The van der Waals surface area contributed by atoms with E-state index in [4.69, 9.17) is 29.0 Å². The largest absolute Gasteiger partial charge is 0.492 e. The van der Waals surface area contributed by atoms with E-state index in [1.54, 1.807) is 4.57 Å². The number of nitrogens with one attached hydrogen (secondary N) is 2. The minimum Gasteiger partial charge on any atom is -0.492 e. The molecule has 18 heteroatoms. The molecule has 1 saturated carbocycles. The molecular formula is C24H31FN4O11P2. The van der Waals surface area contributed by atoms with E-state index in [0.717, 1.165) is 25.5 Å². The summed E-state index contributed by atoms with van der Waals surface area (Å²) < 4.78 is 50.7. The van der Waals surface area contributed by atoms with Crippen molar-refractivity contribution in [2.75, 3.05) is 38.3 Å². The first-order valence-corrected chi connectivity index (χ1v) is 16.6. The maximum atomic E-state index is 15.7. The van der Waals surface area contributed by atoms with Gasteiger partial charge in [-0.3, -0.25) is 18.7 Å². The summed E-state index contributed by atoms with van der Waals surface area (Å²) in [5.41, 5.74) is -3.73. The summed E-state index contributed by atoms with van der Waals surface area (Å²) >= 11 is 0. The number of hydrogen-bond acceptors (Lipinski definition) is 9. The van der Waals surface area contributed by atoms with Crippen LogP contribution in [0.15, 0.2) is 17.1 Å². The lowest BCUT2D eigenvalue weighted by atomic mass is 9.94. The number of hydrogen-bond donors (Lipinski definition) is 6. The Morgan fingerprint density at radius 1 is 1.17 bits per heavy atom. The van der Waals surface area contributed by atoms with Crippen LogP contribution in [0.1, 0.15) is 42.1 Å². The summed E-state index contributed by atoms with van der Waals surface area (Å²) in [6.07, 6.45) is 4.72. The molecule has 3 heterocycles. The predicted octanol–water partition coefficient (Wildman–Crippen LogP) is 0.584. The van der Waals surface area contributed by atoms with E-state index in [2.05, 4.69) is 5.32 Å². The molecule has 2 aromatic rings. The molecule has 3 fully saturated rings. The Balaban J connectivity index is 1.46. The van der Waals surface area contributed by atoms with Crippen LogP contribution in [0.25, 0.3) is 10.9 Å². The Morgan fingerprint density at radius 2 is 1.86 bits per heavy atom. The molecule has 0 bridgehead atoms. The number of esters is 1. The van der Waals surface area contributed by atoms with E-state index < -0.39 is 56.0 Å². The molecule has 42 heavy (non-hydrogen) atoms. The van der Waals surface area contributed by atoms with Crippen LogP contribution in [-0.2, 0) is 18.7 Å². The van der Waals surface area contributed by atoms with E-state index in [-0.39, 0.29) is 28.9 Å². The second-order valence-electron chi connectivity index (χ2n) is 10.7. The van der Waals surface area contributed by atoms with Crippen LogP contribution in [-0.4, -0.2) is 80.9 Å². The number of methoxy groups -OCH3 is 1. The van der Waals surface area contributed by atoms with Gasteiger partial charge in [-0.2, -0.15) is 0 Å². The fourth-order valence-corrected chi connectivity index (χ4v) is 7.90. The van der Waals surface area contributed by atoms with Crippen molar-refractivity contribution in [3.63, 3.8) is 0 Å². The molecule has 1 aromatic carbocycles. The zero-order valence-corrected chi connectivity index (χ0v) is 24.2. The average Bonchev–Trinajstić information content (AvgIpc) is 3.66. The van der Waals surface area contributed by atoms with Crippen molar-refractivity contribution < 1.29 is 52.2 Å². The van der Waals surface area contributed by atoms with Crippen LogP contribution in [0.4, 0.5) is 10.1 Å². The molecule has 2 aliphatic heterocycles. The standard InChI is InChI=1S/C24H31FN4O11P2/c1-39-22-19-14(7-16(25)20(22)28-8-12-3-2-6-26-17(12)10-28)21(31)15(9-29(19)13-4-5-13)23(32)40-11-18(30)27-24(41(33,34)35)42(36,37)38/h7,9,12-13,17,24,26H,2-6,8,10-11H2,1H3,(H,27,30)(H2,33,34,35)(H2,36,37,38)/t12-,17+/m0/s1. The number of ether oxygens (including phenoxy) is 2. The smallest absolute Gasteiger partial charge is 0.360 e. The first kappa shape index (κ1) is 30.6. The molecule has 6 N–H and O–H groups in total. The fourth-order valence-electron chi connectivity index (χ4n) is 5.71. The highest BCUT2D eigenvalue weighted by Crippen LogP contribution is 2.58. The number of anilines is 1. The molecule has 0 spiro atoms. The number of pyridine rings is 1.